The normalized spacial score (nSPS) is 15.2. The van der Waals surface area contributed by atoms with Crippen molar-refractivity contribution in [1.82, 2.24) is 10.2 Å². The Morgan fingerprint density at radius 3 is 2.31 bits per heavy atom. The van der Waals surface area contributed by atoms with Crippen LogP contribution in [-0.4, -0.2) is 50.0 Å². The fraction of sp³-hybridized carbons (Fsp3) is 0.462. The molecule has 10 heteroatoms. The van der Waals surface area contributed by atoms with E-state index in [0.29, 0.717) is 11.4 Å². The highest BCUT2D eigenvalue weighted by molar-refractivity contribution is 7.92. The molecule has 1 aliphatic rings. The number of amides is 2. The molecule has 0 radical (unpaired) electrons. The van der Waals surface area contributed by atoms with Crippen LogP contribution in [-0.2, 0) is 26.2 Å². The van der Waals surface area contributed by atoms with Crippen molar-refractivity contribution in [2.24, 2.45) is 0 Å². The van der Waals surface area contributed by atoms with Gasteiger partial charge in [-0.25, -0.2) is 12.8 Å². The van der Waals surface area contributed by atoms with Gasteiger partial charge in [-0.05, 0) is 49.1 Å². The van der Waals surface area contributed by atoms with Crippen molar-refractivity contribution in [2.45, 2.75) is 64.1 Å². The van der Waals surface area contributed by atoms with Crippen LogP contribution in [0.3, 0.4) is 0 Å². The first-order valence-electron chi connectivity index (χ1n) is 12.2. The average Bonchev–Trinajstić information content (AvgIpc) is 2.84. The lowest BCUT2D eigenvalue weighted by Crippen LogP contribution is -2.54. The number of carbonyl (C=O) groups is 2. The third kappa shape index (κ3) is 7.43. The van der Waals surface area contributed by atoms with Crippen molar-refractivity contribution in [3.05, 3.63) is 64.9 Å². The van der Waals surface area contributed by atoms with Gasteiger partial charge in [0.05, 0.1) is 11.9 Å². The standard InChI is InChI=1S/C26H33ClFN3O4S/c1-3-23(26(33)29-21-9-5-4-6-10-21)30(17-19-13-15-20(27)16-14-19)25(32)18-31(36(2,34)35)24-12-8-7-11-22(24)28/h7-8,11-16,21,23H,3-6,9-10,17-18H2,1-2H3,(H,29,33)/t23-/m1/s1. The van der Waals surface area contributed by atoms with Crippen LogP contribution in [0.2, 0.25) is 5.02 Å². The van der Waals surface area contributed by atoms with Crippen LogP contribution in [0, 0.1) is 5.82 Å². The highest BCUT2D eigenvalue weighted by atomic mass is 35.5. The van der Waals surface area contributed by atoms with Gasteiger partial charge in [-0.1, -0.05) is 62.1 Å². The summed E-state index contributed by atoms with van der Waals surface area (Å²) >= 11 is 6.01. The lowest BCUT2D eigenvalue weighted by molar-refractivity contribution is -0.140. The molecule has 0 aromatic heterocycles. The molecule has 0 aliphatic heterocycles. The number of benzene rings is 2. The maximum Gasteiger partial charge on any atom is 0.244 e. The van der Waals surface area contributed by atoms with Crippen LogP contribution >= 0.6 is 11.6 Å². The summed E-state index contributed by atoms with van der Waals surface area (Å²) in [6, 6.07) is 11.5. The Balaban J connectivity index is 1.91. The summed E-state index contributed by atoms with van der Waals surface area (Å²) in [5.41, 5.74) is 0.507. The Hall–Kier alpha value is -2.65. The van der Waals surface area contributed by atoms with Crippen molar-refractivity contribution in [2.75, 3.05) is 17.1 Å². The van der Waals surface area contributed by atoms with E-state index in [1.165, 1.54) is 23.1 Å². The number of carbonyl (C=O) groups excluding carboxylic acids is 2. The number of para-hydroxylation sites is 1. The number of rotatable bonds is 10. The third-order valence-corrected chi connectivity index (χ3v) is 7.78. The molecule has 1 atom stereocenters. The first-order valence-corrected chi connectivity index (χ1v) is 14.4. The zero-order valence-corrected chi connectivity index (χ0v) is 22.2. The van der Waals surface area contributed by atoms with Gasteiger partial charge in [-0.15, -0.1) is 0 Å². The molecule has 196 valence electrons. The number of halogens is 2. The summed E-state index contributed by atoms with van der Waals surface area (Å²) in [6.07, 6.45) is 6.26. The molecule has 1 aliphatic carbocycles. The maximum atomic E-state index is 14.5. The Morgan fingerprint density at radius 2 is 1.72 bits per heavy atom. The van der Waals surface area contributed by atoms with Crippen molar-refractivity contribution in [1.29, 1.82) is 0 Å². The molecule has 0 bridgehead atoms. The van der Waals surface area contributed by atoms with Crippen molar-refractivity contribution in [3.63, 3.8) is 0 Å². The van der Waals surface area contributed by atoms with E-state index in [4.69, 9.17) is 11.6 Å². The third-order valence-electron chi connectivity index (χ3n) is 6.40. The second kappa shape index (κ2) is 12.5. The van der Waals surface area contributed by atoms with Crippen LogP contribution in [0.15, 0.2) is 48.5 Å². The van der Waals surface area contributed by atoms with Gasteiger partial charge in [-0.2, -0.15) is 0 Å². The summed E-state index contributed by atoms with van der Waals surface area (Å²) in [5, 5.41) is 3.61. The number of nitrogens with zero attached hydrogens (tertiary/aromatic N) is 2. The number of sulfonamides is 1. The monoisotopic (exact) mass is 537 g/mol. The quantitative estimate of drug-likeness (QED) is 0.483. The van der Waals surface area contributed by atoms with Gasteiger partial charge in [0.15, 0.2) is 0 Å². The summed E-state index contributed by atoms with van der Waals surface area (Å²) in [7, 11) is -4.00. The second-order valence-electron chi connectivity index (χ2n) is 9.14. The van der Waals surface area contributed by atoms with E-state index in [-0.39, 0.29) is 24.2 Å². The smallest absolute Gasteiger partial charge is 0.244 e. The Morgan fingerprint density at radius 1 is 1.08 bits per heavy atom. The predicted molar refractivity (Wildman–Crippen MR) is 140 cm³/mol. The minimum Gasteiger partial charge on any atom is -0.352 e. The largest absolute Gasteiger partial charge is 0.352 e. The minimum absolute atomic E-state index is 0.0544. The van der Waals surface area contributed by atoms with E-state index in [2.05, 4.69) is 5.32 Å². The summed E-state index contributed by atoms with van der Waals surface area (Å²) in [4.78, 5) is 28.3. The Kier molecular flexibility index (Phi) is 9.73. The lowest BCUT2D eigenvalue weighted by Gasteiger charge is -2.34. The van der Waals surface area contributed by atoms with E-state index in [0.717, 1.165) is 54.3 Å². The molecule has 1 saturated carbocycles. The van der Waals surface area contributed by atoms with Crippen LogP contribution in [0.4, 0.5) is 10.1 Å². The zero-order chi connectivity index (χ0) is 26.3. The first kappa shape index (κ1) is 27.9. The van der Waals surface area contributed by atoms with Crippen molar-refractivity contribution >= 4 is 39.1 Å². The topological polar surface area (TPSA) is 86.8 Å². The van der Waals surface area contributed by atoms with Crippen molar-refractivity contribution < 1.29 is 22.4 Å². The van der Waals surface area contributed by atoms with Gasteiger partial charge >= 0.3 is 0 Å². The van der Waals surface area contributed by atoms with E-state index in [1.807, 2.05) is 0 Å². The predicted octanol–water partition coefficient (Wildman–Crippen LogP) is 4.50. The molecule has 2 aromatic carbocycles. The second-order valence-corrected chi connectivity index (χ2v) is 11.5. The molecule has 36 heavy (non-hydrogen) atoms. The van der Waals surface area contributed by atoms with Crippen LogP contribution in [0.25, 0.3) is 0 Å². The highest BCUT2D eigenvalue weighted by Crippen LogP contribution is 2.23. The maximum absolute atomic E-state index is 14.5. The molecule has 1 fully saturated rings. The van der Waals surface area contributed by atoms with Gasteiger partial charge < -0.3 is 10.2 Å². The molecule has 3 rings (SSSR count). The van der Waals surface area contributed by atoms with Crippen LogP contribution in [0.1, 0.15) is 51.0 Å². The van der Waals surface area contributed by atoms with Crippen molar-refractivity contribution in [3.8, 4) is 0 Å². The Labute approximate surface area is 217 Å². The van der Waals surface area contributed by atoms with Crippen LogP contribution in [0.5, 0.6) is 0 Å². The number of nitrogens with one attached hydrogen (secondary N) is 1. The fourth-order valence-electron chi connectivity index (χ4n) is 4.50. The van der Waals surface area contributed by atoms with Gasteiger partial charge in [0, 0.05) is 17.6 Å². The summed E-state index contributed by atoms with van der Waals surface area (Å²) in [5.74, 6) is -1.64. The molecular weight excluding hydrogens is 505 g/mol. The minimum atomic E-state index is -4.00. The molecule has 0 saturated heterocycles. The molecule has 0 spiro atoms. The molecular formula is C26H33ClFN3O4S. The van der Waals surface area contributed by atoms with Gasteiger partial charge in [0.25, 0.3) is 0 Å². The van der Waals surface area contributed by atoms with E-state index in [1.54, 1.807) is 31.2 Å². The number of hydrogen-bond donors (Lipinski definition) is 1. The summed E-state index contributed by atoms with van der Waals surface area (Å²) < 4.78 is 40.4. The molecule has 7 nitrogen and oxygen atoms in total. The SMILES string of the molecule is CC[C@H](C(=O)NC1CCCCC1)N(Cc1ccc(Cl)cc1)C(=O)CN(c1ccccc1F)S(C)(=O)=O. The number of hydrogen-bond acceptors (Lipinski definition) is 4. The van der Waals surface area contributed by atoms with Gasteiger partial charge in [-0.3, -0.25) is 13.9 Å². The Bertz CT molecular complexity index is 1150. The van der Waals surface area contributed by atoms with E-state index < -0.39 is 34.3 Å². The van der Waals surface area contributed by atoms with Gasteiger partial charge in [0.1, 0.15) is 18.4 Å². The van der Waals surface area contributed by atoms with E-state index >= 15 is 0 Å². The fourth-order valence-corrected chi connectivity index (χ4v) is 5.48. The first-order chi connectivity index (χ1) is 17.1. The molecule has 1 N–H and O–H groups in total. The lowest BCUT2D eigenvalue weighted by atomic mass is 9.95. The molecule has 2 aromatic rings. The zero-order valence-electron chi connectivity index (χ0n) is 20.6. The molecule has 0 heterocycles. The van der Waals surface area contributed by atoms with Crippen LogP contribution < -0.4 is 9.62 Å². The average molecular weight is 538 g/mol. The molecule has 2 amide bonds. The highest BCUT2D eigenvalue weighted by Gasteiger charge is 2.33. The summed E-state index contributed by atoms with van der Waals surface area (Å²) in [6.45, 7) is 1.24. The molecule has 0 unspecified atom stereocenters. The van der Waals surface area contributed by atoms with E-state index in [9.17, 15) is 22.4 Å². The number of anilines is 1. The van der Waals surface area contributed by atoms with Gasteiger partial charge in [0.2, 0.25) is 21.8 Å².